The third kappa shape index (κ3) is 3.55. The smallest absolute Gasteiger partial charge is 0.294 e. The van der Waals surface area contributed by atoms with Crippen LogP contribution in [0.3, 0.4) is 0 Å². The van der Waals surface area contributed by atoms with E-state index < -0.39 is 10.8 Å². The van der Waals surface area contributed by atoms with Gasteiger partial charge in [-0.1, -0.05) is 27.5 Å². The van der Waals surface area contributed by atoms with E-state index in [9.17, 15) is 14.9 Å². The summed E-state index contributed by atoms with van der Waals surface area (Å²) >= 11 is 9.00. The molecule has 0 saturated heterocycles. The van der Waals surface area contributed by atoms with Gasteiger partial charge >= 0.3 is 0 Å². The Morgan fingerprint density at radius 3 is 2.68 bits per heavy atom. The molecule has 22 heavy (non-hydrogen) atoms. The maximum absolute atomic E-state index is 12.3. The zero-order valence-electron chi connectivity index (χ0n) is 11.3. The van der Waals surface area contributed by atoms with Crippen LogP contribution >= 0.6 is 27.5 Å². The Balaban J connectivity index is 2.38. The Labute approximate surface area is 139 Å². The van der Waals surface area contributed by atoms with Gasteiger partial charge in [-0.15, -0.1) is 0 Å². The third-order valence-electron chi connectivity index (χ3n) is 2.81. The van der Waals surface area contributed by atoms with Crippen LogP contribution in [0, 0.1) is 10.1 Å². The number of benzene rings is 2. The van der Waals surface area contributed by atoms with E-state index in [4.69, 9.17) is 16.3 Å². The van der Waals surface area contributed by atoms with Crippen molar-refractivity contribution in [1.29, 1.82) is 0 Å². The first-order valence-corrected chi connectivity index (χ1v) is 7.18. The molecule has 114 valence electrons. The molecule has 0 unspecified atom stereocenters. The van der Waals surface area contributed by atoms with E-state index in [1.54, 1.807) is 18.2 Å². The molecule has 0 saturated carbocycles. The van der Waals surface area contributed by atoms with Crippen LogP contribution in [0.1, 0.15) is 10.4 Å². The molecule has 0 atom stereocenters. The van der Waals surface area contributed by atoms with Gasteiger partial charge in [0, 0.05) is 15.6 Å². The fraction of sp³-hybridized carbons (Fsp3) is 0.0714. The van der Waals surface area contributed by atoms with E-state index in [1.165, 1.54) is 25.3 Å². The van der Waals surface area contributed by atoms with Crippen molar-refractivity contribution in [2.24, 2.45) is 0 Å². The maximum atomic E-state index is 12.3. The largest absolute Gasteiger partial charge is 0.496 e. The Hall–Kier alpha value is -2.12. The molecule has 0 heterocycles. The summed E-state index contributed by atoms with van der Waals surface area (Å²) in [5, 5.41) is 13.7. The minimum absolute atomic E-state index is 0.0569. The number of nitro groups is 1. The van der Waals surface area contributed by atoms with Crippen molar-refractivity contribution in [2.45, 2.75) is 0 Å². The van der Waals surface area contributed by atoms with Crippen molar-refractivity contribution in [1.82, 2.24) is 0 Å². The van der Waals surface area contributed by atoms with Gasteiger partial charge < -0.3 is 10.1 Å². The Kier molecular flexibility index (Phi) is 4.99. The van der Waals surface area contributed by atoms with Crippen molar-refractivity contribution < 1.29 is 14.5 Å². The molecule has 0 bridgehead atoms. The molecule has 1 N–H and O–H groups in total. The minimum atomic E-state index is -0.611. The van der Waals surface area contributed by atoms with Gasteiger partial charge in [0.25, 0.3) is 11.6 Å². The normalized spacial score (nSPS) is 10.1. The fourth-order valence-corrected chi connectivity index (χ4v) is 2.34. The summed E-state index contributed by atoms with van der Waals surface area (Å²) in [6, 6.07) is 8.92. The number of nitrogens with one attached hydrogen (secondary N) is 1. The number of ether oxygens (including phenoxy) is 1. The number of anilines is 1. The van der Waals surface area contributed by atoms with Crippen molar-refractivity contribution in [3.63, 3.8) is 0 Å². The molecule has 0 radical (unpaired) electrons. The van der Waals surface area contributed by atoms with Gasteiger partial charge in [0.1, 0.15) is 11.4 Å². The average Bonchev–Trinajstić information content (AvgIpc) is 2.48. The van der Waals surface area contributed by atoms with Gasteiger partial charge in [-0.2, -0.15) is 0 Å². The van der Waals surface area contributed by atoms with Crippen LogP contribution < -0.4 is 10.1 Å². The van der Waals surface area contributed by atoms with Gasteiger partial charge in [-0.3, -0.25) is 14.9 Å². The van der Waals surface area contributed by atoms with E-state index in [2.05, 4.69) is 21.2 Å². The molecule has 2 rings (SSSR count). The second-order valence-electron chi connectivity index (χ2n) is 4.22. The molecule has 2 aromatic rings. The number of hydrogen-bond donors (Lipinski definition) is 1. The number of nitrogens with zero attached hydrogens (tertiary/aromatic N) is 1. The summed E-state index contributed by atoms with van der Waals surface area (Å²) < 4.78 is 5.80. The predicted molar refractivity (Wildman–Crippen MR) is 86.8 cm³/mol. The highest BCUT2D eigenvalue weighted by molar-refractivity contribution is 9.10. The SMILES string of the molecule is COc1ccc(Br)cc1C(=O)Nc1ccc(Cl)cc1[N+](=O)[O-]. The second kappa shape index (κ2) is 6.76. The number of amides is 1. The summed E-state index contributed by atoms with van der Waals surface area (Å²) in [4.78, 5) is 22.8. The molecule has 1 amide bonds. The zero-order valence-corrected chi connectivity index (χ0v) is 13.6. The molecule has 0 aliphatic rings. The summed E-state index contributed by atoms with van der Waals surface area (Å²) in [7, 11) is 1.44. The number of methoxy groups -OCH3 is 1. The standard InChI is InChI=1S/C14H10BrClN2O4/c1-22-13-5-2-8(15)6-10(13)14(19)17-11-4-3-9(16)7-12(11)18(20)21/h2-7H,1H3,(H,17,19). The summed E-state index contributed by atoms with van der Waals surface area (Å²) in [5.74, 6) is -0.166. The lowest BCUT2D eigenvalue weighted by molar-refractivity contribution is -0.383. The molecule has 0 fully saturated rings. The summed E-state index contributed by atoms with van der Waals surface area (Å²) in [5.41, 5.74) is 0.0253. The minimum Gasteiger partial charge on any atom is -0.496 e. The van der Waals surface area contributed by atoms with E-state index in [-0.39, 0.29) is 22.0 Å². The molecule has 0 aliphatic heterocycles. The topological polar surface area (TPSA) is 81.5 Å². The van der Waals surface area contributed by atoms with Gasteiger partial charge in [-0.05, 0) is 30.3 Å². The maximum Gasteiger partial charge on any atom is 0.294 e. The molecule has 0 spiro atoms. The van der Waals surface area contributed by atoms with Crippen molar-refractivity contribution in [2.75, 3.05) is 12.4 Å². The lowest BCUT2D eigenvalue weighted by Gasteiger charge is -2.10. The van der Waals surface area contributed by atoms with Crippen LogP contribution in [-0.2, 0) is 0 Å². The van der Waals surface area contributed by atoms with Gasteiger partial charge in [-0.25, -0.2) is 0 Å². The van der Waals surface area contributed by atoms with Crippen molar-refractivity contribution >= 4 is 44.8 Å². The van der Waals surface area contributed by atoms with Crippen LogP contribution in [0.5, 0.6) is 5.75 Å². The molecule has 8 heteroatoms. The highest BCUT2D eigenvalue weighted by Crippen LogP contribution is 2.29. The Morgan fingerprint density at radius 2 is 2.05 bits per heavy atom. The lowest BCUT2D eigenvalue weighted by Crippen LogP contribution is -2.14. The van der Waals surface area contributed by atoms with Crippen molar-refractivity contribution in [3.05, 3.63) is 61.6 Å². The van der Waals surface area contributed by atoms with E-state index >= 15 is 0 Å². The average molecular weight is 386 g/mol. The van der Waals surface area contributed by atoms with Crippen LogP contribution in [0.2, 0.25) is 5.02 Å². The second-order valence-corrected chi connectivity index (χ2v) is 5.57. The fourth-order valence-electron chi connectivity index (χ4n) is 1.81. The third-order valence-corrected chi connectivity index (χ3v) is 3.54. The Morgan fingerprint density at radius 1 is 1.32 bits per heavy atom. The molecule has 0 aliphatic carbocycles. The van der Waals surface area contributed by atoms with Gasteiger partial charge in [0.2, 0.25) is 0 Å². The van der Waals surface area contributed by atoms with Gasteiger partial charge in [0.15, 0.2) is 0 Å². The molecule has 6 nitrogen and oxygen atoms in total. The number of nitro benzene ring substituents is 1. The highest BCUT2D eigenvalue weighted by atomic mass is 79.9. The number of carbonyl (C=O) groups excluding carboxylic acids is 1. The molecular formula is C14H10BrClN2O4. The highest BCUT2D eigenvalue weighted by Gasteiger charge is 2.19. The number of carbonyl (C=O) groups is 1. The van der Waals surface area contributed by atoms with Crippen molar-refractivity contribution in [3.8, 4) is 5.75 Å². The summed E-state index contributed by atoms with van der Waals surface area (Å²) in [6.07, 6.45) is 0. The lowest BCUT2D eigenvalue weighted by atomic mass is 10.1. The Bertz CT molecular complexity index is 752. The first-order chi connectivity index (χ1) is 10.4. The van der Waals surface area contributed by atoms with E-state index in [0.29, 0.717) is 10.2 Å². The first kappa shape index (κ1) is 16.3. The number of halogens is 2. The van der Waals surface area contributed by atoms with E-state index in [0.717, 1.165) is 0 Å². The van der Waals surface area contributed by atoms with E-state index in [1.807, 2.05) is 0 Å². The van der Waals surface area contributed by atoms with Crippen LogP contribution in [0.15, 0.2) is 40.9 Å². The quantitative estimate of drug-likeness (QED) is 0.629. The number of rotatable bonds is 4. The van der Waals surface area contributed by atoms with Crippen LogP contribution in [0.4, 0.5) is 11.4 Å². The van der Waals surface area contributed by atoms with Gasteiger partial charge in [0.05, 0.1) is 17.6 Å². The molecule has 0 aromatic heterocycles. The predicted octanol–water partition coefficient (Wildman–Crippen LogP) is 4.27. The summed E-state index contributed by atoms with van der Waals surface area (Å²) in [6.45, 7) is 0. The monoisotopic (exact) mass is 384 g/mol. The zero-order chi connectivity index (χ0) is 16.3. The number of hydrogen-bond acceptors (Lipinski definition) is 4. The van der Waals surface area contributed by atoms with Crippen LogP contribution in [0.25, 0.3) is 0 Å². The first-order valence-electron chi connectivity index (χ1n) is 6.01. The molecular weight excluding hydrogens is 376 g/mol. The molecule has 2 aromatic carbocycles. The van der Waals surface area contributed by atoms with Crippen LogP contribution in [-0.4, -0.2) is 17.9 Å².